The summed E-state index contributed by atoms with van der Waals surface area (Å²) in [4.78, 5) is 10.8. The maximum atomic E-state index is 5.47. The average molecular weight is 853 g/mol. The maximum absolute atomic E-state index is 5.47. The fourth-order valence-corrected chi connectivity index (χ4v) is 12.9. The first-order valence-electron chi connectivity index (χ1n) is 24.6. The molecule has 4 atom stereocenters. The normalized spacial score (nSPS) is 23.7. The van der Waals surface area contributed by atoms with E-state index in [9.17, 15) is 0 Å². The summed E-state index contributed by atoms with van der Waals surface area (Å²) in [5.41, 5.74) is 19.4. The van der Waals surface area contributed by atoms with Crippen LogP contribution in [0, 0.1) is 5.92 Å². The summed E-state index contributed by atoms with van der Waals surface area (Å²) < 4.78 is 2.78. The second-order valence-corrected chi connectivity index (χ2v) is 19.5. The van der Waals surface area contributed by atoms with Gasteiger partial charge < -0.3 is 9.88 Å². The molecule has 1 aliphatic heterocycles. The van der Waals surface area contributed by atoms with Gasteiger partial charge in [-0.25, -0.2) is 9.98 Å². The lowest BCUT2D eigenvalue weighted by Gasteiger charge is -2.34. The Kier molecular flexibility index (Phi) is 8.85. The molecule has 66 heavy (non-hydrogen) atoms. The number of aryl methyl sites for hydroxylation is 1. The van der Waals surface area contributed by atoms with Gasteiger partial charge in [0.15, 0.2) is 6.17 Å². The minimum Gasteiger partial charge on any atom is -0.337 e. The summed E-state index contributed by atoms with van der Waals surface area (Å²) in [5.74, 6) is 2.57. The number of nitrogens with one attached hydrogen (secondary N) is 1. The lowest BCUT2D eigenvalue weighted by Crippen LogP contribution is -2.38. The first-order chi connectivity index (χ1) is 32.7. The zero-order valence-corrected chi connectivity index (χ0v) is 37.3. The Hall–Kier alpha value is -7.04. The zero-order valence-electron chi connectivity index (χ0n) is 37.3. The minimum absolute atomic E-state index is 0.229. The monoisotopic (exact) mass is 852 g/mol. The third kappa shape index (κ3) is 5.96. The maximum Gasteiger partial charge on any atom is 0.170 e. The molecule has 0 spiro atoms. The number of allylic oxidation sites excluding steroid dienone is 12. The van der Waals surface area contributed by atoms with Crippen LogP contribution in [0.4, 0.5) is 0 Å². The van der Waals surface area contributed by atoms with Crippen molar-refractivity contribution in [3.8, 4) is 0 Å². The van der Waals surface area contributed by atoms with Crippen molar-refractivity contribution in [1.82, 2.24) is 9.88 Å². The van der Waals surface area contributed by atoms with E-state index in [0.29, 0.717) is 11.8 Å². The van der Waals surface area contributed by atoms with Crippen LogP contribution in [-0.2, 0) is 12.8 Å². The minimum atomic E-state index is -0.299. The second kappa shape index (κ2) is 15.3. The van der Waals surface area contributed by atoms with Crippen molar-refractivity contribution in [2.75, 3.05) is 0 Å². The van der Waals surface area contributed by atoms with Crippen LogP contribution >= 0.6 is 0 Å². The molecule has 0 saturated heterocycles. The van der Waals surface area contributed by atoms with E-state index in [2.05, 4.69) is 174 Å². The predicted octanol–water partition coefficient (Wildman–Crippen LogP) is 14.9. The summed E-state index contributed by atoms with van der Waals surface area (Å²) in [6, 6.07) is 32.5. The first kappa shape index (κ1) is 38.3. The second-order valence-electron chi connectivity index (χ2n) is 19.5. The number of rotatable bonds is 5. The molecule has 5 aromatic carbocycles. The Balaban J connectivity index is 0.875. The molecule has 320 valence electrons. The Labute approximate surface area is 387 Å². The lowest BCUT2D eigenvalue weighted by molar-refractivity contribution is 0.441. The van der Waals surface area contributed by atoms with Crippen molar-refractivity contribution in [2.24, 2.45) is 15.9 Å². The van der Waals surface area contributed by atoms with Crippen molar-refractivity contribution in [1.29, 1.82) is 0 Å². The number of hydrogen-bond acceptors (Lipinski definition) is 3. The van der Waals surface area contributed by atoms with Crippen molar-refractivity contribution < 1.29 is 0 Å². The summed E-state index contributed by atoms with van der Waals surface area (Å²) in [6.07, 6.45) is 41.1. The van der Waals surface area contributed by atoms with Gasteiger partial charge in [0.05, 0.1) is 11.6 Å². The van der Waals surface area contributed by atoms with Gasteiger partial charge in [-0.3, -0.25) is 0 Å². The number of fused-ring (bicyclic) bond motifs is 11. The third-order valence-electron chi connectivity index (χ3n) is 15.9. The molecule has 0 radical (unpaired) electrons. The molecule has 7 aliphatic carbocycles. The molecule has 1 aromatic heterocycles. The Bertz CT molecular complexity index is 3470. The number of hydrogen-bond donors (Lipinski definition) is 1. The Morgan fingerprint density at radius 1 is 0.652 bits per heavy atom. The fourth-order valence-electron chi connectivity index (χ4n) is 12.9. The van der Waals surface area contributed by atoms with Crippen LogP contribution in [0.25, 0.3) is 50.2 Å². The van der Waals surface area contributed by atoms with Crippen LogP contribution in [0.15, 0.2) is 184 Å². The van der Waals surface area contributed by atoms with E-state index in [-0.39, 0.29) is 12.2 Å². The highest BCUT2D eigenvalue weighted by Gasteiger charge is 2.37. The molecule has 0 amide bonds. The average Bonchev–Trinajstić information content (AvgIpc) is 3.90. The van der Waals surface area contributed by atoms with Crippen molar-refractivity contribution in [2.45, 2.75) is 82.3 Å². The number of aromatic nitrogens is 1. The molecule has 6 aromatic rings. The van der Waals surface area contributed by atoms with Crippen LogP contribution in [0.1, 0.15) is 114 Å². The van der Waals surface area contributed by atoms with Crippen molar-refractivity contribution >= 4 is 61.8 Å². The summed E-state index contributed by atoms with van der Waals surface area (Å²) >= 11 is 0. The molecule has 4 unspecified atom stereocenters. The molecule has 4 nitrogen and oxygen atoms in total. The van der Waals surface area contributed by atoms with Crippen LogP contribution < -0.4 is 5.32 Å². The molecule has 4 heteroatoms. The number of aliphatic imine (C=N–C) groups is 2. The van der Waals surface area contributed by atoms with E-state index in [1.54, 1.807) is 5.57 Å². The Morgan fingerprint density at radius 2 is 1.48 bits per heavy atom. The van der Waals surface area contributed by atoms with Gasteiger partial charge in [0.2, 0.25) is 0 Å². The van der Waals surface area contributed by atoms with E-state index >= 15 is 0 Å². The van der Waals surface area contributed by atoms with Gasteiger partial charge in [0, 0.05) is 39.3 Å². The van der Waals surface area contributed by atoms with Crippen LogP contribution in [0.2, 0.25) is 0 Å². The van der Waals surface area contributed by atoms with Gasteiger partial charge in [-0.2, -0.15) is 0 Å². The van der Waals surface area contributed by atoms with E-state index < -0.39 is 0 Å². The van der Waals surface area contributed by atoms with Crippen LogP contribution in [0.5, 0.6) is 0 Å². The van der Waals surface area contributed by atoms with Gasteiger partial charge in [0.25, 0.3) is 0 Å². The number of nitrogens with zero attached hydrogens (tertiary/aromatic N) is 3. The lowest BCUT2D eigenvalue weighted by atomic mass is 9.78. The van der Waals surface area contributed by atoms with E-state index in [1.807, 2.05) is 0 Å². The van der Waals surface area contributed by atoms with Crippen LogP contribution in [-0.4, -0.2) is 16.2 Å². The highest BCUT2D eigenvalue weighted by atomic mass is 15.2. The quantitative estimate of drug-likeness (QED) is 0.173. The van der Waals surface area contributed by atoms with Crippen molar-refractivity contribution in [3.05, 3.63) is 219 Å². The first-order valence-corrected chi connectivity index (χ1v) is 24.6. The van der Waals surface area contributed by atoms with Gasteiger partial charge >= 0.3 is 0 Å². The number of benzene rings is 5. The molecular weight excluding hydrogens is 801 g/mol. The molecule has 0 saturated carbocycles. The van der Waals surface area contributed by atoms with Crippen LogP contribution in [0.3, 0.4) is 0 Å². The molecule has 2 heterocycles. The SMILES string of the molecule is C1=CC(C2=NC(c3cccc4c3C=CCC4)N=C(C3=CC=C4C=CC(n5c6c(c7c(C8=C9CCC=CC9c9c8ccc8ccccc98)c8ccccc8cc75)C=CCC6)CC4C3)N2)=CCC1. The molecule has 14 rings (SSSR count). The molecule has 0 bridgehead atoms. The third-order valence-corrected chi connectivity index (χ3v) is 15.9. The predicted molar refractivity (Wildman–Crippen MR) is 276 cm³/mol. The molecule has 1 N–H and O–H groups in total. The Morgan fingerprint density at radius 3 is 2.41 bits per heavy atom. The van der Waals surface area contributed by atoms with Crippen molar-refractivity contribution in [3.63, 3.8) is 0 Å². The summed E-state index contributed by atoms with van der Waals surface area (Å²) in [6.45, 7) is 0. The molecule has 0 fully saturated rings. The van der Waals surface area contributed by atoms with E-state index in [0.717, 1.165) is 75.9 Å². The summed E-state index contributed by atoms with van der Waals surface area (Å²) in [7, 11) is 0. The highest BCUT2D eigenvalue weighted by Crippen LogP contribution is 2.55. The largest absolute Gasteiger partial charge is 0.337 e. The van der Waals surface area contributed by atoms with E-state index in [1.165, 1.54) is 99.4 Å². The topological polar surface area (TPSA) is 41.7 Å². The fraction of sp³-hybridized carbons (Fsp3) is 0.226. The molecular formula is C62H52N4. The van der Waals surface area contributed by atoms with Gasteiger partial charge in [-0.1, -0.05) is 163 Å². The van der Waals surface area contributed by atoms with Gasteiger partial charge in [0.1, 0.15) is 11.7 Å². The molecule has 8 aliphatic rings. The zero-order chi connectivity index (χ0) is 43.3. The van der Waals surface area contributed by atoms with Gasteiger partial charge in [-0.15, -0.1) is 0 Å². The van der Waals surface area contributed by atoms with E-state index in [4.69, 9.17) is 9.98 Å². The number of amidine groups is 2. The summed E-state index contributed by atoms with van der Waals surface area (Å²) in [5, 5.41) is 10.6. The standard InChI is InChI=1S/C62H52N4/c1-2-17-41(18-3-1)60-63-61(65-62(64-60)51-27-14-20-39-15-4-7-21-46(39)51)43-30-29-38-31-33-45(36-44(38)35-43)66-54-28-13-12-26-52(54)58-55(66)37-42-19-6-9-23-48(42)59(58)57-50-25-11-10-24-49(50)56-47-22-8-5-16-40(47)32-34-53(56)57/h2,5-10,12,14,16-24,26-27,29-34,37,44-45,49,62H,1,3-4,11,13,15,25,28,35-36H2,(H,63,64,65). The van der Waals surface area contributed by atoms with Gasteiger partial charge in [-0.05, 0) is 137 Å². The smallest absolute Gasteiger partial charge is 0.170 e. The highest BCUT2D eigenvalue weighted by molar-refractivity contribution is 6.18.